The monoisotopic (exact) mass is 308 g/mol. The lowest BCUT2D eigenvalue weighted by atomic mass is 10.1. The maximum Gasteiger partial charge on any atom is 0.266 e. The lowest BCUT2D eigenvalue weighted by molar-refractivity contribution is -0.671. The number of nitrogens with zero attached hydrogens (tertiary/aromatic N) is 2. The summed E-state index contributed by atoms with van der Waals surface area (Å²) in [6.45, 7) is 2.09. The molecule has 0 unspecified atom stereocenters. The number of hydrogen-bond donors (Lipinski definition) is 1. The second-order valence-electron chi connectivity index (χ2n) is 4.65. The summed E-state index contributed by atoms with van der Waals surface area (Å²) in [5.41, 5.74) is 1.36. The first-order valence-electron chi connectivity index (χ1n) is 6.52. The molecule has 1 amide bonds. The number of carbonyl (C=O) groups excluding carboxylic acids is 2. The molecule has 0 bridgehead atoms. The minimum Gasteiger partial charge on any atom is -0.323 e. The van der Waals surface area contributed by atoms with Gasteiger partial charge in [-0.2, -0.15) is 0 Å². The number of ketones is 1. The van der Waals surface area contributed by atoms with E-state index < -0.39 is 0 Å². The number of benzene rings is 1. The molecular weight excluding hydrogens is 290 g/mol. The zero-order chi connectivity index (χ0) is 14.5. The largest absolute Gasteiger partial charge is 0.323 e. The Kier molecular flexibility index (Phi) is 6.11. The van der Waals surface area contributed by atoms with E-state index in [1.165, 1.54) is 0 Å². The number of rotatable bonds is 5. The van der Waals surface area contributed by atoms with Crippen molar-refractivity contribution in [3.63, 3.8) is 0 Å². The first-order chi connectivity index (χ1) is 9.58. The summed E-state index contributed by atoms with van der Waals surface area (Å²) in [4.78, 5) is 23.4. The van der Waals surface area contributed by atoms with Crippen molar-refractivity contribution in [3.05, 3.63) is 48.5 Å². The van der Waals surface area contributed by atoms with Gasteiger partial charge in [0.25, 0.3) is 5.91 Å². The average molecular weight is 309 g/mol. The number of carbonyl (C=O) groups is 2. The number of nitrogens with one attached hydrogen (secondary N) is 1. The molecule has 0 aliphatic heterocycles. The van der Waals surface area contributed by atoms with Gasteiger partial charge >= 0.3 is 0 Å². The maximum absolute atomic E-state index is 11.9. The van der Waals surface area contributed by atoms with E-state index in [-0.39, 0.29) is 30.6 Å². The molecule has 2 aromatic rings. The Balaban J connectivity index is 0.00000220. The molecule has 0 saturated heterocycles. The summed E-state index contributed by atoms with van der Waals surface area (Å²) >= 11 is 0. The second-order valence-corrected chi connectivity index (χ2v) is 4.65. The van der Waals surface area contributed by atoms with Crippen LogP contribution >= 0.6 is 12.4 Å². The number of anilines is 1. The fourth-order valence-electron chi connectivity index (χ4n) is 1.91. The molecule has 1 aromatic heterocycles. The normalized spacial score (nSPS) is 9.81. The number of imidazole rings is 1. The quantitative estimate of drug-likeness (QED) is 0.678. The Morgan fingerprint density at radius 1 is 1.24 bits per heavy atom. The first kappa shape index (κ1) is 16.9. The maximum atomic E-state index is 11.9. The van der Waals surface area contributed by atoms with Gasteiger partial charge < -0.3 is 5.32 Å². The van der Waals surface area contributed by atoms with E-state index in [0.717, 1.165) is 0 Å². The fraction of sp³-hybridized carbons (Fsp3) is 0.267. The van der Waals surface area contributed by atoms with Crippen LogP contribution in [0.4, 0.5) is 5.69 Å². The van der Waals surface area contributed by atoms with Crippen LogP contribution in [0.3, 0.4) is 0 Å². The average Bonchev–Trinajstić information content (AvgIpc) is 2.84. The molecule has 0 fully saturated rings. The van der Waals surface area contributed by atoms with E-state index in [1.807, 2.05) is 37.3 Å². The minimum absolute atomic E-state index is 0. The molecule has 5 nitrogen and oxygen atoms in total. The molecule has 2 rings (SSSR count). The summed E-state index contributed by atoms with van der Waals surface area (Å²) in [5, 5.41) is 2.80. The zero-order valence-corrected chi connectivity index (χ0v) is 12.9. The third-order valence-electron chi connectivity index (χ3n) is 2.96. The Hall–Kier alpha value is -2.14. The van der Waals surface area contributed by atoms with Gasteiger partial charge in [0.15, 0.2) is 12.3 Å². The van der Waals surface area contributed by atoms with Crippen molar-refractivity contribution in [1.29, 1.82) is 0 Å². The van der Waals surface area contributed by atoms with E-state index in [4.69, 9.17) is 0 Å². The predicted molar refractivity (Wildman–Crippen MR) is 82.5 cm³/mol. The Bertz CT molecular complexity index is 620. The predicted octanol–water partition coefficient (Wildman–Crippen LogP) is 1.97. The van der Waals surface area contributed by atoms with Crippen LogP contribution in [-0.4, -0.2) is 16.3 Å². The third kappa shape index (κ3) is 4.72. The topological polar surface area (TPSA) is 55.0 Å². The van der Waals surface area contributed by atoms with E-state index >= 15 is 0 Å². The van der Waals surface area contributed by atoms with Crippen LogP contribution in [0.1, 0.15) is 23.7 Å². The van der Waals surface area contributed by atoms with Crippen molar-refractivity contribution in [2.24, 2.45) is 7.05 Å². The molecule has 112 valence electrons. The van der Waals surface area contributed by atoms with E-state index in [1.54, 1.807) is 28.8 Å². The van der Waals surface area contributed by atoms with Crippen molar-refractivity contribution < 1.29 is 14.2 Å². The van der Waals surface area contributed by atoms with Gasteiger partial charge in [0, 0.05) is 17.7 Å². The number of aromatic nitrogens is 2. The lowest BCUT2D eigenvalue weighted by Gasteiger charge is -2.04. The van der Waals surface area contributed by atoms with Gasteiger partial charge in [-0.1, -0.05) is 6.92 Å². The SMILES string of the molecule is CCC(=O)c1ccc(NC(=O)Cn2cc[n+](C)c2)cc1.Cl. The molecule has 1 heterocycles. The molecule has 0 saturated carbocycles. The molecule has 0 aliphatic carbocycles. The molecule has 0 atom stereocenters. The third-order valence-corrected chi connectivity index (χ3v) is 2.96. The van der Waals surface area contributed by atoms with Crippen LogP contribution in [0, 0.1) is 0 Å². The van der Waals surface area contributed by atoms with Crippen molar-refractivity contribution in [3.8, 4) is 0 Å². The van der Waals surface area contributed by atoms with Gasteiger partial charge in [-0.15, -0.1) is 12.4 Å². The summed E-state index contributed by atoms with van der Waals surface area (Å²) in [6.07, 6.45) is 6.03. The van der Waals surface area contributed by atoms with Gasteiger partial charge in [-0.05, 0) is 24.3 Å². The van der Waals surface area contributed by atoms with Crippen molar-refractivity contribution in [1.82, 2.24) is 4.57 Å². The number of hydrogen-bond acceptors (Lipinski definition) is 2. The highest BCUT2D eigenvalue weighted by atomic mass is 35.5. The van der Waals surface area contributed by atoms with Gasteiger partial charge in [-0.3, -0.25) is 9.59 Å². The standard InChI is InChI=1S/C15H17N3O2.ClH/c1-3-14(19)12-4-6-13(7-5-12)16-15(20)10-18-9-8-17(2)11-18;/h4-9,11H,3,10H2,1-2H3;1H/p+1. The lowest BCUT2D eigenvalue weighted by Crippen LogP contribution is -2.25. The van der Waals surface area contributed by atoms with Gasteiger partial charge in [0.1, 0.15) is 12.4 Å². The highest BCUT2D eigenvalue weighted by Gasteiger charge is 2.09. The number of Topliss-reactive ketones (excluding diaryl/α,β-unsaturated/α-hetero) is 1. The van der Waals surface area contributed by atoms with Crippen LogP contribution in [0.25, 0.3) is 0 Å². The molecule has 0 radical (unpaired) electrons. The zero-order valence-electron chi connectivity index (χ0n) is 12.1. The Labute approximate surface area is 130 Å². The summed E-state index contributed by atoms with van der Waals surface area (Å²) < 4.78 is 3.67. The van der Waals surface area contributed by atoms with Crippen molar-refractivity contribution in [2.45, 2.75) is 19.9 Å². The van der Waals surface area contributed by atoms with E-state index in [9.17, 15) is 9.59 Å². The fourth-order valence-corrected chi connectivity index (χ4v) is 1.91. The molecule has 1 N–H and O–H groups in total. The highest BCUT2D eigenvalue weighted by molar-refractivity contribution is 5.97. The van der Waals surface area contributed by atoms with E-state index in [0.29, 0.717) is 17.7 Å². The van der Waals surface area contributed by atoms with Crippen LogP contribution in [-0.2, 0) is 18.4 Å². The summed E-state index contributed by atoms with van der Waals surface area (Å²) in [7, 11) is 1.90. The van der Waals surface area contributed by atoms with Gasteiger partial charge in [0.05, 0.1) is 7.05 Å². The number of aryl methyl sites for hydroxylation is 1. The highest BCUT2D eigenvalue weighted by Crippen LogP contribution is 2.11. The van der Waals surface area contributed by atoms with Gasteiger partial charge in [-0.25, -0.2) is 9.13 Å². The summed E-state index contributed by atoms with van der Waals surface area (Å²) in [5.74, 6) is -0.00140. The molecule has 0 spiro atoms. The molecule has 6 heteroatoms. The Morgan fingerprint density at radius 3 is 2.43 bits per heavy atom. The summed E-state index contributed by atoms with van der Waals surface area (Å²) in [6, 6.07) is 6.96. The van der Waals surface area contributed by atoms with Crippen LogP contribution in [0.2, 0.25) is 0 Å². The molecule has 0 aliphatic rings. The van der Waals surface area contributed by atoms with Crippen LogP contribution in [0.15, 0.2) is 43.0 Å². The number of halogens is 1. The first-order valence-corrected chi connectivity index (χ1v) is 6.52. The van der Waals surface area contributed by atoms with Crippen LogP contribution < -0.4 is 9.88 Å². The van der Waals surface area contributed by atoms with Crippen molar-refractivity contribution in [2.75, 3.05) is 5.32 Å². The molecule has 21 heavy (non-hydrogen) atoms. The molecular formula is C15H19ClN3O2+. The number of amides is 1. The van der Waals surface area contributed by atoms with E-state index in [2.05, 4.69) is 5.32 Å². The van der Waals surface area contributed by atoms with Crippen LogP contribution in [0.5, 0.6) is 0 Å². The smallest absolute Gasteiger partial charge is 0.266 e. The van der Waals surface area contributed by atoms with Crippen molar-refractivity contribution >= 4 is 29.8 Å². The second kappa shape index (κ2) is 7.59. The minimum atomic E-state index is -0.101. The molecule has 1 aromatic carbocycles. The van der Waals surface area contributed by atoms with Gasteiger partial charge in [0.2, 0.25) is 6.33 Å². The Morgan fingerprint density at radius 2 is 1.90 bits per heavy atom.